The van der Waals surface area contributed by atoms with Crippen LogP contribution in [0, 0.1) is 17.2 Å². The number of methoxy groups -OCH3 is 1. The van der Waals surface area contributed by atoms with Crippen LogP contribution in [0.15, 0.2) is 24.3 Å². The normalized spacial score (nSPS) is 28.4. The van der Waals surface area contributed by atoms with E-state index in [1.165, 1.54) is 0 Å². The summed E-state index contributed by atoms with van der Waals surface area (Å²) in [5.41, 5.74) is 0.826. The highest BCUT2D eigenvalue weighted by Gasteiger charge is 2.36. The number of benzene rings is 1. The van der Waals surface area contributed by atoms with Crippen molar-refractivity contribution < 1.29 is 4.74 Å². The minimum atomic E-state index is -0.291. The van der Waals surface area contributed by atoms with Crippen molar-refractivity contribution in [2.45, 2.75) is 38.0 Å². The van der Waals surface area contributed by atoms with Crippen LogP contribution >= 0.6 is 0 Å². The van der Waals surface area contributed by atoms with Crippen LogP contribution in [0.1, 0.15) is 38.2 Å². The Morgan fingerprint density at radius 3 is 2.65 bits per heavy atom. The Hall–Kier alpha value is -1.49. The van der Waals surface area contributed by atoms with E-state index in [0.717, 1.165) is 42.9 Å². The summed E-state index contributed by atoms with van der Waals surface area (Å²) < 4.78 is 5.25. The number of rotatable bonds is 2. The Kier molecular flexibility index (Phi) is 3.38. The summed E-state index contributed by atoms with van der Waals surface area (Å²) >= 11 is 0. The molecule has 17 heavy (non-hydrogen) atoms. The van der Waals surface area contributed by atoms with Crippen LogP contribution < -0.4 is 4.74 Å². The molecule has 0 atom stereocenters. The standard InChI is InChI=1S/C15H19NO/c1-12-6-8-15(11-16,9-7-12)13-4-3-5-14(10-13)17-2/h3-5,10,12H,6-9H2,1-2H3. The summed E-state index contributed by atoms with van der Waals surface area (Å²) in [6, 6.07) is 10.5. The molecule has 1 fully saturated rings. The third-order valence-electron chi connectivity index (χ3n) is 3.96. The molecule has 0 spiro atoms. The first-order chi connectivity index (χ1) is 8.20. The van der Waals surface area contributed by atoms with Gasteiger partial charge in [0.2, 0.25) is 0 Å². The Labute approximate surface area is 103 Å². The number of hydrogen-bond acceptors (Lipinski definition) is 2. The summed E-state index contributed by atoms with van der Waals surface area (Å²) in [5, 5.41) is 9.55. The van der Waals surface area contributed by atoms with Crippen molar-refractivity contribution in [3.05, 3.63) is 29.8 Å². The van der Waals surface area contributed by atoms with Gasteiger partial charge in [-0.15, -0.1) is 0 Å². The van der Waals surface area contributed by atoms with E-state index >= 15 is 0 Å². The zero-order valence-electron chi connectivity index (χ0n) is 10.6. The zero-order valence-corrected chi connectivity index (χ0v) is 10.6. The quantitative estimate of drug-likeness (QED) is 0.775. The molecule has 0 amide bonds. The van der Waals surface area contributed by atoms with Gasteiger partial charge in [-0.05, 0) is 49.3 Å². The van der Waals surface area contributed by atoms with Crippen molar-refractivity contribution in [2.75, 3.05) is 7.11 Å². The van der Waals surface area contributed by atoms with Gasteiger partial charge in [0.1, 0.15) is 5.75 Å². The maximum absolute atomic E-state index is 9.55. The fourth-order valence-electron chi connectivity index (χ4n) is 2.64. The van der Waals surface area contributed by atoms with E-state index in [2.05, 4.69) is 19.1 Å². The van der Waals surface area contributed by atoms with Crippen LogP contribution in [-0.4, -0.2) is 7.11 Å². The smallest absolute Gasteiger partial charge is 0.119 e. The fraction of sp³-hybridized carbons (Fsp3) is 0.533. The molecule has 0 saturated heterocycles. The van der Waals surface area contributed by atoms with E-state index in [1.54, 1.807) is 7.11 Å². The van der Waals surface area contributed by atoms with E-state index in [-0.39, 0.29) is 5.41 Å². The number of nitrogens with zero attached hydrogens (tertiary/aromatic N) is 1. The van der Waals surface area contributed by atoms with Crippen molar-refractivity contribution >= 4 is 0 Å². The highest BCUT2D eigenvalue weighted by atomic mass is 16.5. The SMILES string of the molecule is COc1cccc(C2(C#N)CCC(C)CC2)c1. The lowest BCUT2D eigenvalue weighted by Crippen LogP contribution is -2.29. The van der Waals surface area contributed by atoms with E-state index in [1.807, 2.05) is 18.2 Å². The molecule has 2 rings (SSSR count). The van der Waals surface area contributed by atoms with Gasteiger partial charge in [-0.25, -0.2) is 0 Å². The molecule has 0 radical (unpaired) electrons. The first-order valence-corrected chi connectivity index (χ1v) is 6.26. The predicted molar refractivity (Wildman–Crippen MR) is 67.9 cm³/mol. The maximum Gasteiger partial charge on any atom is 0.119 e. The predicted octanol–water partition coefficient (Wildman–Crippen LogP) is 3.67. The molecule has 0 heterocycles. The third kappa shape index (κ3) is 2.29. The summed E-state index contributed by atoms with van der Waals surface area (Å²) in [6.45, 7) is 2.27. The van der Waals surface area contributed by atoms with Gasteiger partial charge in [-0.3, -0.25) is 0 Å². The van der Waals surface area contributed by atoms with Crippen molar-refractivity contribution in [1.82, 2.24) is 0 Å². The molecule has 2 heteroatoms. The van der Waals surface area contributed by atoms with E-state index < -0.39 is 0 Å². The average molecular weight is 229 g/mol. The largest absolute Gasteiger partial charge is 0.497 e. The molecule has 1 saturated carbocycles. The minimum absolute atomic E-state index is 0.291. The van der Waals surface area contributed by atoms with Crippen molar-refractivity contribution in [2.24, 2.45) is 5.92 Å². The summed E-state index contributed by atoms with van der Waals surface area (Å²) in [4.78, 5) is 0. The Balaban J connectivity index is 2.32. The molecule has 90 valence electrons. The molecule has 0 bridgehead atoms. The second-order valence-corrected chi connectivity index (χ2v) is 5.11. The minimum Gasteiger partial charge on any atom is -0.497 e. The van der Waals surface area contributed by atoms with E-state index in [9.17, 15) is 5.26 Å². The van der Waals surface area contributed by atoms with Gasteiger partial charge in [0, 0.05) is 0 Å². The van der Waals surface area contributed by atoms with Crippen LogP contribution in [-0.2, 0) is 5.41 Å². The third-order valence-corrected chi connectivity index (χ3v) is 3.96. The van der Waals surface area contributed by atoms with Gasteiger partial charge in [0.15, 0.2) is 0 Å². The van der Waals surface area contributed by atoms with Crippen LogP contribution in [0.2, 0.25) is 0 Å². The highest BCUT2D eigenvalue weighted by Crippen LogP contribution is 2.41. The van der Waals surface area contributed by atoms with Gasteiger partial charge in [-0.1, -0.05) is 19.1 Å². The molecule has 1 aromatic carbocycles. The van der Waals surface area contributed by atoms with Crippen LogP contribution in [0.3, 0.4) is 0 Å². The molecule has 2 nitrogen and oxygen atoms in total. The molecule has 0 N–H and O–H groups in total. The molecular weight excluding hydrogens is 210 g/mol. The summed E-state index contributed by atoms with van der Waals surface area (Å²) in [6.07, 6.45) is 4.23. The van der Waals surface area contributed by atoms with Gasteiger partial charge in [-0.2, -0.15) is 5.26 Å². The number of hydrogen-bond donors (Lipinski definition) is 0. The Bertz CT molecular complexity index is 425. The van der Waals surface area contributed by atoms with E-state index in [0.29, 0.717) is 0 Å². The molecule has 1 aliphatic rings. The van der Waals surface area contributed by atoms with Gasteiger partial charge in [0.05, 0.1) is 18.6 Å². The first-order valence-electron chi connectivity index (χ1n) is 6.26. The molecule has 0 aliphatic heterocycles. The van der Waals surface area contributed by atoms with Gasteiger partial charge < -0.3 is 4.74 Å². The second kappa shape index (κ2) is 4.79. The molecule has 1 aromatic rings. The lowest BCUT2D eigenvalue weighted by atomic mass is 9.68. The van der Waals surface area contributed by atoms with Crippen LogP contribution in [0.5, 0.6) is 5.75 Å². The summed E-state index contributed by atoms with van der Waals surface area (Å²) in [7, 11) is 1.67. The van der Waals surface area contributed by atoms with Crippen molar-refractivity contribution in [3.8, 4) is 11.8 Å². The van der Waals surface area contributed by atoms with E-state index in [4.69, 9.17) is 4.74 Å². The molecule has 1 aliphatic carbocycles. The molecular formula is C15H19NO. The number of nitriles is 1. The Morgan fingerprint density at radius 1 is 1.35 bits per heavy atom. The van der Waals surface area contributed by atoms with Crippen molar-refractivity contribution in [3.63, 3.8) is 0 Å². The van der Waals surface area contributed by atoms with Crippen LogP contribution in [0.25, 0.3) is 0 Å². The maximum atomic E-state index is 9.55. The van der Waals surface area contributed by atoms with Crippen molar-refractivity contribution in [1.29, 1.82) is 5.26 Å². The van der Waals surface area contributed by atoms with Gasteiger partial charge in [0.25, 0.3) is 0 Å². The number of ether oxygens (including phenoxy) is 1. The topological polar surface area (TPSA) is 33.0 Å². The average Bonchev–Trinajstić information content (AvgIpc) is 2.40. The lowest BCUT2D eigenvalue weighted by Gasteiger charge is -2.34. The second-order valence-electron chi connectivity index (χ2n) is 5.11. The molecule has 0 aromatic heterocycles. The zero-order chi connectivity index (χ0) is 12.3. The summed E-state index contributed by atoms with van der Waals surface area (Å²) in [5.74, 6) is 1.60. The highest BCUT2D eigenvalue weighted by molar-refractivity contribution is 5.38. The molecule has 0 unspecified atom stereocenters. The lowest BCUT2D eigenvalue weighted by molar-refractivity contribution is 0.293. The monoisotopic (exact) mass is 229 g/mol. The Morgan fingerprint density at radius 2 is 2.06 bits per heavy atom. The van der Waals surface area contributed by atoms with Crippen LogP contribution in [0.4, 0.5) is 0 Å². The first kappa shape index (κ1) is 12.0. The fourth-order valence-corrected chi connectivity index (χ4v) is 2.64. The van der Waals surface area contributed by atoms with Gasteiger partial charge >= 0.3 is 0 Å².